The summed E-state index contributed by atoms with van der Waals surface area (Å²) in [5.74, 6) is -0.488. The van der Waals surface area contributed by atoms with Crippen molar-refractivity contribution in [3.8, 4) is 6.07 Å². The smallest absolute Gasteiger partial charge is 0.339 e. The topological polar surface area (TPSA) is 50.1 Å². The van der Waals surface area contributed by atoms with E-state index in [4.69, 9.17) is 21.6 Å². The fourth-order valence-electron chi connectivity index (χ4n) is 1.50. The maximum Gasteiger partial charge on any atom is 0.339 e. The number of hydrogen-bond acceptors (Lipinski definition) is 3. The van der Waals surface area contributed by atoms with Gasteiger partial charge < -0.3 is 4.74 Å². The maximum absolute atomic E-state index is 11.7. The first-order chi connectivity index (χ1) is 7.65. The Bertz CT molecular complexity index is 449. The summed E-state index contributed by atoms with van der Waals surface area (Å²) < 4.78 is 4.92. The number of ether oxygens (including phenoxy) is 1. The summed E-state index contributed by atoms with van der Waals surface area (Å²) in [5.41, 5.74) is 1.26. The van der Waals surface area contributed by atoms with Crippen LogP contribution in [-0.4, -0.2) is 12.6 Å². The molecular weight excluding hydrogens is 226 g/mol. The van der Waals surface area contributed by atoms with Gasteiger partial charge in [-0.05, 0) is 31.0 Å². The third-order valence-corrected chi connectivity index (χ3v) is 2.56. The molecule has 0 bridgehead atoms. The van der Waals surface area contributed by atoms with Crippen LogP contribution in [0.15, 0.2) is 12.1 Å². The summed E-state index contributed by atoms with van der Waals surface area (Å²) in [5, 5.41) is 9.44. The average Bonchev–Trinajstić information content (AvgIpc) is 2.28. The summed E-state index contributed by atoms with van der Waals surface area (Å²) in [4.78, 5) is 11.7. The molecule has 4 heteroatoms. The van der Waals surface area contributed by atoms with Crippen molar-refractivity contribution in [2.45, 2.75) is 20.3 Å². The minimum Gasteiger partial charge on any atom is -0.462 e. The zero-order valence-electron chi connectivity index (χ0n) is 9.21. The Morgan fingerprint density at radius 3 is 2.69 bits per heavy atom. The van der Waals surface area contributed by atoms with E-state index in [1.54, 1.807) is 13.0 Å². The molecule has 1 rings (SSSR count). The molecule has 0 fully saturated rings. The highest BCUT2D eigenvalue weighted by Crippen LogP contribution is 2.24. The SMILES string of the molecule is CCOC(=O)c1c(C#N)ccc(Cl)c1CC. The van der Waals surface area contributed by atoms with Crippen molar-refractivity contribution < 1.29 is 9.53 Å². The van der Waals surface area contributed by atoms with Gasteiger partial charge >= 0.3 is 5.97 Å². The number of carbonyl (C=O) groups excluding carboxylic acids is 1. The fraction of sp³-hybridized carbons (Fsp3) is 0.333. The summed E-state index contributed by atoms with van der Waals surface area (Å²) in [7, 11) is 0. The maximum atomic E-state index is 11.7. The van der Waals surface area contributed by atoms with E-state index in [9.17, 15) is 4.79 Å². The Balaban J connectivity index is 3.37. The number of esters is 1. The lowest BCUT2D eigenvalue weighted by Crippen LogP contribution is -2.10. The van der Waals surface area contributed by atoms with Crippen LogP contribution in [0.1, 0.15) is 35.3 Å². The number of rotatable bonds is 3. The molecule has 0 N–H and O–H groups in total. The van der Waals surface area contributed by atoms with Crippen molar-refractivity contribution >= 4 is 17.6 Å². The second-order valence-corrected chi connectivity index (χ2v) is 3.54. The van der Waals surface area contributed by atoms with Crippen LogP contribution in [0, 0.1) is 11.3 Å². The fourth-order valence-corrected chi connectivity index (χ4v) is 1.79. The zero-order valence-corrected chi connectivity index (χ0v) is 9.97. The van der Waals surface area contributed by atoms with Crippen molar-refractivity contribution in [3.05, 3.63) is 33.8 Å². The first kappa shape index (κ1) is 12.5. The second-order valence-electron chi connectivity index (χ2n) is 3.13. The summed E-state index contributed by atoms with van der Waals surface area (Å²) >= 11 is 5.99. The van der Waals surface area contributed by atoms with Crippen molar-refractivity contribution in [1.82, 2.24) is 0 Å². The van der Waals surface area contributed by atoms with Crippen LogP contribution >= 0.6 is 11.6 Å². The van der Waals surface area contributed by atoms with E-state index < -0.39 is 5.97 Å². The second kappa shape index (κ2) is 5.53. The standard InChI is InChI=1S/C12H12ClNO2/c1-3-9-10(13)6-5-8(7-14)11(9)12(15)16-4-2/h5-6H,3-4H2,1-2H3. The zero-order chi connectivity index (χ0) is 12.1. The highest BCUT2D eigenvalue weighted by molar-refractivity contribution is 6.32. The third-order valence-electron chi connectivity index (χ3n) is 2.21. The number of benzene rings is 1. The molecule has 1 aromatic rings. The van der Waals surface area contributed by atoms with Gasteiger partial charge in [0, 0.05) is 5.02 Å². The number of hydrogen-bond donors (Lipinski definition) is 0. The van der Waals surface area contributed by atoms with Gasteiger partial charge in [0.1, 0.15) is 6.07 Å². The van der Waals surface area contributed by atoms with Gasteiger partial charge in [-0.1, -0.05) is 18.5 Å². The molecule has 0 unspecified atom stereocenters. The van der Waals surface area contributed by atoms with E-state index in [1.807, 2.05) is 13.0 Å². The van der Waals surface area contributed by atoms with Crippen molar-refractivity contribution in [1.29, 1.82) is 5.26 Å². The molecule has 16 heavy (non-hydrogen) atoms. The highest BCUT2D eigenvalue weighted by Gasteiger charge is 2.18. The van der Waals surface area contributed by atoms with Gasteiger partial charge in [0.15, 0.2) is 0 Å². The van der Waals surface area contributed by atoms with Crippen molar-refractivity contribution in [2.75, 3.05) is 6.61 Å². The normalized spacial score (nSPS) is 9.62. The molecule has 0 aliphatic rings. The van der Waals surface area contributed by atoms with E-state index in [2.05, 4.69) is 0 Å². The molecule has 0 amide bonds. The van der Waals surface area contributed by atoms with E-state index in [1.165, 1.54) is 6.07 Å². The Labute approximate surface area is 99.6 Å². The molecule has 0 heterocycles. The Hall–Kier alpha value is -1.53. The molecular formula is C12H12ClNO2. The first-order valence-electron chi connectivity index (χ1n) is 5.04. The summed E-state index contributed by atoms with van der Waals surface area (Å²) in [6.07, 6.45) is 0.586. The molecule has 0 radical (unpaired) electrons. The Morgan fingerprint density at radius 2 is 2.19 bits per heavy atom. The first-order valence-corrected chi connectivity index (χ1v) is 5.42. The molecule has 0 aromatic heterocycles. The molecule has 84 valence electrons. The monoisotopic (exact) mass is 237 g/mol. The Morgan fingerprint density at radius 1 is 1.50 bits per heavy atom. The lowest BCUT2D eigenvalue weighted by Gasteiger charge is -2.10. The molecule has 0 aliphatic heterocycles. The molecule has 0 atom stereocenters. The van der Waals surface area contributed by atoms with Gasteiger partial charge in [-0.25, -0.2) is 4.79 Å². The molecule has 0 spiro atoms. The van der Waals surface area contributed by atoms with Gasteiger partial charge in [0.2, 0.25) is 0 Å². The van der Waals surface area contributed by atoms with Crippen LogP contribution in [-0.2, 0) is 11.2 Å². The molecule has 0 aliphatic carbocycles. The average molecular weight is 238 g/mol. The molecule has 1 aromatic carbocycles. The molecule has 0 saturated heterocycles. The molecule has 0 saturated carbocycles. The van der Waals surface area contributed by atoms with Gasteiger partial charge in [-0.2, -0.15) is 5.26 Å². The Kier molecular flexibility index (Phi) is 4.33. The number of carbonyl (C=O) groups is 1. The van der Waals surface area contributed by atoms with Crippen molar-refractivity contribution in [2.24, 2.45) is 0 Å². The predicted octanol–water partition coefficient (Wildman–Crippen LogP) is 2.95. The summed E-state index contributed by atoms with van der Waals surface area (Å²) in [6, 6.07) is 5.14. The lowest BCUT2D eigenvalue weighted by atomic mass is 10.00. The lowest BCUT2D eigenvalue weighted by molar-refractivity contribution is 0.0525. The van der Waals surface area contributed by atoms with Crippen LogP contribution < -0.4 is 0 Å². The quantitative estimate of drug-likeness (QED) is 0.760. The van der Waals surface area contributed by atoms with Gasteiger partial charge in [-0.3, -0.25) is 0 Å². The third kappa shape index (κ3) is 2.34. The van der Waals surface area contributed by atoms with E-state index >= 15 is 0 Å². The van der Waals surface area contributed by atoms with Crippen LogP contribution in [0.3, 0.4) is 0 Å². The van der Waals surface area contributed by atoms with Crippen LogP contribution in [0.5, 0.6) is 0 Å². The summed E-state index contributed by atoms with van der Waals surface area (Å²) in [6.45, 7) is 3.88. The van der Waals surface area contributed by atoms with E-state index in [-0.39, 0.29) is 6.61 Å². The van der Waals surface area contributed by atoms with Crippen molar-refractivity contribution in [3.63, 3.8) is 0 Å². The minimum absolute atomic E-state index is 0.277. The minimum atomic E-state index is -0.488. The number of halogens is 1. The number of nitrogens with zero attached hydrogens (tertiary/aromatic N) is 1. The number of nitriles is 1. The van der Waals surface area contributed by atoms with Crippen LogP contribution in [0.4, 0.5) is 0 Å². The highest BCUT2D eigenvalue weighted by atomic mass is 35.5. The van der Waals surface area contributed by atoms with Crippen LogP contribution in [0.2, 0.25) is 5.02 Å². The van der Waals surface area contributed by atoms with Gasteiger partial charge in [-0.15, -0.1) is 0 Å². The van der Waals surface area contributed by atoms with E-state index in [0.29, 0.717) is 28.1 Å². The van der Waals surface area contributed by atoms with E-state index in [0.717, 1.165) is 0 Å². The molecule has 3 nitrogen and oxygen atoms in total. The largest absolute Gasteiger partial charge is 0.462 e. The van der Waals surface area contributed by atoms with Gasteiger partial charge in [0.25, 0.3) is 0 Å². The van der Waals surface area contributed by atoms with Crippen LogP contribution in [0.25, 0.3) is 0 Å². The predicted molar refractivity (Wildman–Crippen MR) is 61.5 cm³/mol. The van der Waals surface area contributed by atoms with Gasteiger partial charge in [0.05, 0.1) is 17.7 Å².